The van der Waals surface area contributed by atoms with Crippen LogP contribution >= 0.6 is 0 Å². The Bertz CT molecular complexity index is 10900. The summed E-state index contributed by atoms with van der Waals surface area (Å²) in [5.41, 5.74) is 28.8. The average Bonchev–Trinajstić information content (AvgIpc) is 0.984. The molecule has 676 valence electrons. The SMILES string of the molecule is [2H]c1c([2H])c([2H])c(-c2c3ccccc3c(-c3cccc(-c4c(-c5ccc6ccccc6c5)ccc5oc6ccccc6c45)c3)c3ccccc23)c([2H])c1[2H].[2H]c1c([2H])c([2H])c(-c2c3ccccc3c(-c3cccc(-c4c(-c5ccccc5-c5ccccc5)ccc5oc6ccccc6c45)c3)c3ccccc23)c([2H])c1[2H].[2H]c1c([2H])c([2H])c(-c2c3ccccc3c(-c3cccc(-c4cccc5oc6ccc(-c7ccccc7)cc6c45)c3)c3ccccc23)c([2H])c1[2H]. The van der Waals surface area contributed by atoms with E-state index in [1.807, 2.05) is 176 Å². The van der Waals surface area contributed by atoms with Crippen LogP contribution in [-0.2, 0) is 0 Å². The summed E-state index contributed by atoms with van der Waals surface area (Å²) >= 11 is 0. The van der Waals surface area contributed by atoms with Gasteiger partial charge in [0, 0.05) is 43.4 Å². The lowest BCUT2D eigenvalue weighted by Crippen LogP contribution is -1.92. The first kappa shape index (κ1) is 70.5. The van der Waals surface area contributed by atoms with Crippen LogP contribution in [-0.4, -0.2) is 0 Å². The Morgan fingerprint density at radius 3 is 0.848 bits per heavy atom. The highest BCUT2D eigenvalue weighted by atomic mass is 16.3. The molecule has 0 amide bonds. The Morgan fingerprint density at radius 1 is 0.124 bits per heavy atom. The molecule has 0 saturated carbocycles. The Balaban J connectivity index is 0.000000116. The van der Waals surface area contributed by atoms with Crippen LogP contribution in [0, 0.1) is 0 Å². The second-order valence-electron chi connectivity index (χ2n) is 36.5. The molecule has 0 atom stereocenters. The van der Waals surface area contributed by atoms with Gasteiger partial charge in [0.25, 0.3) is 0 Å². The third kappa shape index (κ3) is 15.0. The van der Waals surface area contributed by atoms with Crippen LogP contribution in [0.15, 0.2) is 559 Å². The fraction of sp³-hybridized carbons (Fsp3) is 0. The number of hydrogen-bond acceptors (Lipinski definition) is 3. The molecule has 3 aromatic heterocycles. The van der Waals surface area contributed by atoms with Gasteiger partial charge in [-0.2, -0.15) is 0 Å². The molecule has 26 aromatic carbocycles. The van der Waals surface area contributed by atoms with Crippen molar-refractivity contribution in [3.63, 3.8) is 0 Å². The van der Waals surface area contributed by atoms with E-state index in [0.29, 0.717) is 16.7 Å². The van der Waals surface area contributed by atoms with Crippen molar-refractivity contribution in [2.24, 2.45) is 0 Å². The number of furan rings is 3. The summed E-state index contributed by atoms with van der Waals surface area (Å²) in [5.74, 6) is 0. The zero-order chi connectivity index (χ0) is 109. The predicted molar refractivity (Wildman–Crippen MR) is 614 cm³/mol. The van der Waals surface area contributed by atoms with Crippen LogP contribution in [0.3, 0.4) is 0 Å². The Hall–Kier alpha value is -19.1. The van der Waals surface area contributed by atoms with E-state index in [0.717, 1.165) is 242 Å². The molecule has 0 N–H and O–H groups in total. The fourth-order valence-corrected chi connectivity index (χ4v) is 22.3. The quantitative estimate of drug-likeness (QED) is 0.108. The van der Waals surface area contributed by atoms with E-state index >= 15 is 0 Å². The minimum Gasteiger partial charge on any atom is -0.456 e. The molecule has 3 heteroatoms. The van der Waals surface area contributed by atoms with Crippen LogP contribution in [0.25, 0.3) is 286 Å². The minimum absolute atomic E-state index is 0.198. The third-order valence-electron chi connectivity index (χ3n) is 28.4. The van der Waals surface area contributed by atoms with Gasteiger partial charge in [0.05, 0.1) is 20.6 Å². The van der Waals surface area contributed by atoms with Crippen LogP contribution in [0.2, 0.25) is 0 Å². The summed E-state index contributed by atoms with van der Waals surface area (Å²) in [5, 5.41) is 19.1. The topological polar surface area (TPSA) is 39.4 Å². The molecule has 145 heavy (non-hydrogen) atoms. The van der Waals surface area contributed by atoms with Crippen LogP contribution in [0.1, 0.15) is 20.6 Å². The van der Waals surface area contributed by atoms with Gasteiger partial charge in [-0.15, -0.1) is 0 Å². The van der Waals surface area contributed by atoms with E-state index in [1.165, 1.54) is 10.8 Å². The molecule has 0 aliphatic rings. The molecule has 0 aliphatic carbocycles. The maximum Gasteiger partial charge on any atom is 0.136 e. The minimum atomic E-state index is -0.406. The zero-order valence-corrected chi connectivity index (χ0v) is 78.0. The standard InChI is InChI=1S/C50H32O.C48H30O.C44H28O/c1-3-16-33(17-4-1)37-22-7-8-23-38(37)43-30-31-46-50(44-28-13-14-29-45(44)51-46)49(43)36-21-15-20-35(32-36)48-41-26-11-9-24-39(41)47(34-18-5-2-6-19-34)40-25-10-12-27-42(40)48;1-2-14-32(15-3-1)45-38-19-6-8-21-40(38)46(41-22-9-7-20-39(41)45)35-17-12-18-36(30-35)47-37(34-26-25-31-13-4-5-16-33(31)29-34)27-28-44-48(47)42-23-10-11-24-43(42)49-44;1-3-13-29(14-4-1)31-25-26-40-39(28-31)44-34(23-12-24-41(44)45-40)32-17-11-18-33(27-32)43-37-21-9-7-19-35(37)42(30-15-5-2-6-16-30)36-20-8-10-22-38(36)43/h1-32H;1-30H;1-28H/i2D,5D,6D,18D,19D;1D,2D,3D,14D,15D;2D,5D,6D,15D,16D. The molecule has 29 rings (SSSR count). The highest BCUT2D eigenvalue weighted by molar-refractivity contribution is 6.27. The van der Waals surface area contributed by atoms with Gasteiger partial charge in [-0.25, -0.2) is 0 Å². The number of fused-ring (bicyclic) bond motifs is 16. The van der Waals surface area contributed by atoms with E-state index in [1.54, 1.807) is 0 Å². The van der Waals surface area contributed by atoms with Crippen molar-refractivity contribution in [3.05, 3.63) is 546 Å². The number of hydrogen-bond donors (Lipinski definition) is 0. The van der Waals surface area contributed by atoms with E-state index in [9.17, 15) is 0 Å². The third-order valence-corrected chi connectivity index (χ3v) is 28.4. The summed E-state index contributed by atoms with van der Waals surface area (Å²) in [6.07, 6.45) is 0. The second-order valence-corrected chi connectivity index (χ2v) is 36.5. The predicted octanol–water partition coefficient (Wildman–Crippen LogP) is 40.5. The van der Waals surface area contributed by atoms with Crippen molar-refractivity contribution in [1.82, 2.24) is 0 Å². The number of rotatable bonds is 13. The molecule has 0 unspecified atom stereocenters. The second kappa shape index (κ2) is 36.3. The Kier molecular flexibility index (Phi) is 17.7. The van der Waals surface area contributed by atoms with Crippen molar-refractivity contribution in [3.8, 4) is 145 Å². The molecule has 29 aromatic rings. The Labute approximate surface area is 860 Å². The summed E-state index contributed by atoms with van der Waals surface area (Å²) < 4.78 is 148. The van der Waals surface area contributed by atoms with Crippen molar-refractivity contribution in [2.45, 2.75) is 0 Å². The van der Waals surface area contributed by atoms with Crippen LogP contribution < -0.4 is 0 Å². The molecule has 0 saturated heterocycles. The highest BCUT2D eigenvalue weighted by Crippen LogP contribution is 2.54. The van der Waals surface area contributed by atoms with E-state index < -0.39 is 18.1 Å². The van der Waals surface area contributed by atoms with Crippen LogP contribution in [0.5, 0.6) is 0 Å². The average molecular weight is 1860 g/mol. The van der Waals surface area contributed by atoms with E-state index in [2.05, 4.69) is 279 Å². The van der Waals surface area contributed by atoms with Gasteiger partial charge in [0.1, 0.15) is 33.5 Å². The molecule has 0 bridgehead atoms. The zero-order valence-electron chi connectivity index (χ0n) is 93.0. The first-order valence-electron chi connectivity index (χ1n) is 56.1. The first-order valence-corrected chi connectivity index (χ1v) is 48.6. The number of benzene rings is 26. The molecule has 0 aliphatic heterocycles. The molecular formula is C142H90O3. The summed E-state index contributed by atoms with van der Waals surface area (Å²) in [6.45, 7) is 0. The summed E-state index contributed by atoms with van der Waals surface area (Å²) in [7, 11) is 0. The summed E-state index contributed by atoms with van der Waals surface area (Å²) in [6, 6.07) is 151. The molecule has 3 heterocycles. The van der Waals surface area contributed by atoms with Crippen molar-refractivity contribution in [1.29, 1.82) is 0 Å². The lowest BCUT2D eigenvalue weighted by atomic mass is 9.84. The lowest BCUT2D eigenvalue weighted by Gasteiger charge is -2.19. The monoisotopic (exact) mass is 1860 g/mol. The van der Waals surface area contributed by atoms with Crippen LogP contribution in [0.4, 0.5) is 0 Å². The van der Waals surface area contributed by atoms with Gasteiger partial charge < -0.3 is 13.3 Å². The van der Waals surface area contributed by atoms with Gasteiger partial charge in [-0.05, 0) is 282 Å². The largest absolute Gasteiger partial charge is 0.456 e. The van der Waals surface area contributed by atoms with Gasteiger partial charge >= 0.3 is 0 Å². The number of para-hydroxylation sites is 2. The molecule has 0 fully saturated rings. The Morgan fingerprint density at radius 2 is 0.407 bits per heavy atom. The highest BCUT2D eigenvalue weighted by Gasteiger charge is 2.27. The lowest BCUT2D eigenvalue weighted by molar-refractivity contribution is 0.668. The molecular weight excluding hydrogens is 1750 g/mol. The summed E-state index contributed by atoms with van der Waals surface area (Å²) in [4.78, 5) is 0. The first-order chi connectivity index (χ1) is 78.2. The smallest absolute Gasteiger partial charge is 0.136 e. The normalized spacial score (nSPS) is 13.0. The fourth-order valence-electron chi connectivity index (χ4n) is 22.3. The van der Waals surface area contributed by atoms with E-state index in [-0.39, 0.29) is 89.2 Å². The molecule has 0 radical (unpaired) electrons. The molecule has 0 spiro atoms. The van der Waals surface area contributed by atoms with Gasteiger partial charge in [-0.3, -0.25) is 0 Å². The van der Waals surface area contributed by atoms with Crippen molar-refractivity contribution in [2.75, 3.05) is 0 Å². The van der Waals surface area contributed by atoms with Gasteiger partial charge in [0.15, 0.2) is 0 Å². The van der Waals surface area contributed by atoms with Crippen molar-refractivity contribution >= 4 is 141 Å². The van der Waals surface area contributed by atoms with Gasteiger partial charge in [0.2, 0.25) is 0 Å². The maximum atomic E-state index is 8.96. The van der Waals surface area contributed by atoms with Gasteiger partial charge in [-0.1, -0.05) is 473 Å². The van der Waals surface area contributed by atoms with Crippen molar-refractivity contribution < 1.29 is 33.8 Å². The van der Waals surface area contributed by atoms with E-state index in [4.69, 9.17) is 33.8 Å². The maximum absolute atomic E-state index is 8.96. The molecule has 3 nitrogen and oxygen atoms in total.